The Bertz CT molecular complexity index is 556. The molecule has 94 valence electrons. The number of nitrogens with zero attached hydrogens (tertiary/aromatic N) is 3. The number of nitrogens with one attached hydrogen (secondary N) is 1. The van der Waals surface area contributed by atoms with Crippen molar-refractivity contribution in [3.63, 3.8) is 0 Å². The lowest BCUT2D eigenvalue weighted by Crippen LogP contribution is -2.14. The smallest absolute Gasteiger partial charge is 0.159 e. The summed E-state index contributed by atoms with van der Waals surface area (Å²) in [6.07, 6.45) is 1.38. The lowest BCUT2D eigenvalue weighted by molar-refractivity contribution is 0.632. The summed E-state index contributed by atoms with van der Waals surface area (Å²) in [5.74, 6) is 0.615. The minimum atomic E-state index is -0.359. The fourth-order valence-corrected chi connectivity index (χ4v) is 1.53. The summed E-state index contributed by atoms with van der Waals surface area (Å²) >= 11 is 0. The standard InChI is InChI=1S/C12H14FN5/c1-18(2)12-10(14)11(15-7-16-12)17-9-6-4-3-5-8(9)13/h3-7H,14H2,1-2H3,(H,15,16,17). The first-order valence-electron chi connectivity index (χ1n) is 5.39. The Morgan fingerprint density at radius 1 is 1.22 bits per heavy atom. The van der Waals surface area contributed by atoms with E-state index < -0.39 is 0 Å². The normalized spacial score (nSPS) is 10.2. The fraction of sp³-hybridized carbons (Fsp3) is 0.167. The molecule has 0 spiro atoms. The lowest BCUT2D eigenvalue weighted by atomic mass is 10.3. The molecule has 0 unspecified atom stereocenters. The Labute approximate surface area is 104 Å². The zero-order valence-corrected chi connectivity index (χ0v) is 10.2. The van der Waals surface area contributed by atoms with Crippen molar-refractivity contribution in [3.8, 4) is 0 Å². The van der Waals surface area contributed by atoms with Gasteiger partial charge in [0.15, 0.2) is 11.6 Å². The Morgan fingerprint density at radius 3 is 2.61 bits per heavy atom. The van der Waals surface area contributed by atoms with Crippen LogP contribution in [0.5, 0.6) is 0 Å². The molecule has 0 bridgehead atoms. The number of para-hydroxylation sites is 1. The van der Waals surface area contributed by atoms with Gasteiger partial charge in [-0.1, -0.05) is 12.1 Å². The molecular weight excluding hydrogens is 233 g/mol. The van der Waals surface area contributed by atoms with Crippen molar-refractivity contribution in [1.82, 2.24) is 9.97 Å². The molecule has 1 aromatic carbocycles. The summed E-state index contributed by atoms with van der Waals surface area (Å²) < 4.78 is 13.5. The van der Waals surface area contributed by atoms with E-state index in [0.29, 0.717) is 23.0 Å². The van der Waals surface area contributed by atoms with Gasteiger partial charge in [-0.2, -0.15) is 0 Å². The van der Waals surface area contributed by atoms with Crippen molar-refractivity contribution in [2.75, 3.05) is 30.0 Å². The molecule has 0 aliphatic rings. The second-order valence-electron chi connectivity index (χ2n) is 3.96. The van der Waals surface area contributed by atoms with Crippen molar-refractivity contribution < 1.29 is 4.39 Å². The Kier molecular flexibility index (Phi) is 3.27. The highest BCUT2D eigenvalue weighted by Gasteiger charge is 2.11. The Balaban J connectivity index is 2.36. The molecule has 0 atom stereocenters. The summed E-state index contributed by atoms with van der Waals surface area (Å²) in [7, 11) is 3.65. The van der Waals surface area contributed by atoms with Gasteiger partial charge in [0.25, 0.3) is 0 Å². The minimum absolute atomic E-state index is 0.326. The fourth-order valence-electron chi connectivity index (χ4n) is 1.53. The van der Waals surface area contributed by atoms with Gasteiger partial charge in [-0.25, -0.2) is 14.4 Å². The van der Waals surface area contributed by atoms with Crippen LogP contribution in [0.4, 0.5) is 27.4 Å². The molecule has 5 nitrogen and oxygen atoms in total. The topological polar surface area (TPSA) is 67.1 Å². The van der Waals surface area contributed by atoms with E-state index in [1.54, 1.807) is 23.1 Å². The van der Waals surface area contributed by atoms with Crippen LogP contribution in [0.1, 0.15) is 0 Å². The van der Waals surface area contributed by atoms with Gasteiger partial charge in [0, 0.05) is 14.1 Å². The van der Waals surface area contributed by atoms with Crippen molar-refractivity contribution in [2.45, 2.75) is 0 Å². The predicted molar refractivity (Wildman–Crippen MR) is 70.5 cm³/mol. The van der Waals surface area contributed by atoms with E-state index in [4.69, 9.17) is 5.73 Å². The van der Waals surface area contributed by atoms with Crippen LogP contribution < -0.4 is 16.0 Å². The summed E-state index contributed by atoms with van der Waals surface area (Å²) in [5, 5.41) is 2.86. The predicted octanol–water partition coefficient (Wildman–Crippen LogP) is 2.01. The number of anilines is 4. The zero-order valence-electron chi connectivity index (χ0n) is 10.2. The largest absolute Gasteiger partial charge is 0.393 e. The molecule has 1 heterocycles. The number of aromatic nitrogens is 2. The van der Waals surface area contributed by atoms with Gasteiger partial charge in [0.05, 0.1) is 5.69 Å². The van der Waals surface area contributed by atoms with Gasteiger partial charge in [0.1, 0.15) is 17.8 Å². The molecule has 0 aliphatic heterocycles. The molecule has 3 N–H and O–H groups in total. The zero-order chi connectivity index (χ0) is 13.1. The van der Waals surface area contributed by atoms with Gasteiger partial charge in [0.2, 0.25) is 0 Å². The third-order valence-corrected chi connectivity index (χ3v) is 2.41. The number of hydrogen-bond acceptors (Lipinski definition) is 5. The molecule has 2 rings (SSSR count). The van der Waals surface area contributed by atoms with Gasteiger partial charge in [-0.15, -0.1) is 0 Å². The number of halogens is 1. The molecule has 2 aromatic rings. The summed E-state index contributed by atoms with van der Waals surface area (Å²) in [4.78, 5) is 9.84. The average molecular weight is 247 g/mol. The van der Waals surface area contributed by atoms with Gasteiger partial charge in [-0.3, -0.25) is 0 Å². The maximum atomic E-state index is 13.5. The lowest BCUT2D eigenvalue weighted by Gasteiger charge is -2.16. The average Bonchev–Trinajstić information content (AvgIpc) is 2.34. The first-order chi connectivity index (χ1) is 8.59. The second-order valence-corrected chi connectivity index (χ2v) is 3.96. The van der Waals surface area contributed by atoms with Gasteiger partial charge in [-0.05, 0) is 12.1 Å². The molecule has 0 saturated heterocycles. The summed E-state index contributed by atoms with van der Waals surface area (Å²) in [6, 6.07) is 6.34. The van der Waals surface area contributed by atoms with Crippen LogP contribution in [-0.4, -0.2) is 24.1 Å². The van der Waals surface area contributed by atoms with Crippen LogP contribution in [0.3, 0.4) is 0 Å². The number of hydrogen-bond donors (Lipinski definition) is 2. The Morgan fingerprint density at radius 2 is 1.94 bits per heavy atom. The monoisotopic (exact) mass is 247 g/mol. The van der Waals surface area contributed by atoms with Crippen molar-refractivity contribution in [3.05, 3.63) is 36.4 Å². The van der Waals surface area contributed by atoms with E-state index in [2.05, 4.69) is 15.3 Å². The molecule has 6 heteroatoms. The van der Waals surface area contributed by atoms with E-state index in [0.717, 1.165) is 0 Å². The van der Waals surface area contributed by atoms with Gasteiger partial charge >= 0.3 is 0 Å². The summed E-state index contributed by atoms with van der Waals surface area (Å²) in [6.45, 7) is 0. The van der Waals surface area contributed by atoms with E-state index in [9.17, 15) is 4.39 Å². The van der Waals surface area contributed by atoms with Crippen LogP contribution in [0.15, 0.2) is 30.6 Å². The summed E-state index contributed by atoms with van der Waals surface area (Å²) in [5.41, 5.74) is 6.64. The molecule has 0 aliphatic carbocycles. The number of nitrogen functional groups attached to an aromatic ring is 1. The third-order valence-electron chi connectivity index (χ3n) is 2.41. The van der Waals surface area contributed by atoms with Crippen molar-refractivity contribution >= 4 is 23.0 Å². The molecule has 18 heavy (non-hydrogen) atoms. The molecule has 0 amide bonds. The van der Waals surface area contributed by atoms with E-state index >= 15 is 0 Å². The number of rotatable bonds is 3. The minimum Gasteiger partial charge on any atom is -0.393 e. The van der Waals surface area contributed by atoms with E-state index in [1.165, 1.54) is 12.4 Å². The van der Waals surface area contributed by atoms with Crippen LogP contribution in [0.25, 0.3) is 0 Å². The number of benzene rings is 1. The van der Waals surface area contributed by atoms with Crippen LogP contribution in [0.2, 0.25) is 0 Å². The molecule has 0 saturated carbocycles. The maximum Gasteiger partial charge on any atom is 0.159 e. The SMILES string of the molecule is CN(C)c1ncnc(Nc2ccccc2F)c1N. The van der Waals surface area contributed by atoms with E-state index in [1.807, 2.05) is 14.1 Å². The first-order valence-corrected chi connectivity index (χ1v) is 5.39. The highest BCUT2D eigenvalue weighted by atomic mass is 19.1. The third kappa shape index (κ3) is 2.32. The molecule has 0 radical (unpaired) electrons. The van der Waals surface area contributed by atoms with Crippen LogP contribution in [-0.2, 0) is 0 Å². The van der Waals surface area contributed by atoms with Crippen LogP contribution >= 0.6 is 0 Å². The van der Waals surface area contributed by atoms with Crippen molar-refractivity contribution in [2.24, 2.45) is 0 Å². The second kappa shape index (κ2) is 4.87. The van der Waals surface area contributed by atoms with Crippen molar-refractivity contribution in [1.29, 1.82) is 0 Å². The molecule has 1 aromatic heterocycles. The van der Waals surface area contributed by atoms with E-state index in [-0.39, 0.29) is 5.82 Å². The maximum absolute atomic E-state index is 13.5. The molecule has 0 fully saturated rings. The number of nitrogens with two attached hydrogens (primary N) is 1. The highest BCUT2D eigenvalue weighted by molar-refractivity contribution is 5.77. The first kappa shape index (κ1) is 12.1. The van der Waals surface area contributed by atoms with Gasteiger partial charge < -0.3 is 16.0 Å². The van der Waals surface area contributed by atoms with Crippen LogP contribution in [0, 0.1) is 5.82 Å². The molecular formula is C12H14FN5. The Hall–Kier alpha value is -2.37. The highest BCUT2D eigenvalue weighted by Crippen LogP contribution is 2.27. The quantitative estimate of drug-likeness (QED) is 0.868.